The summed E-state index contributed by atoms with van der Waals surface area (Å²) in [6, 6.07) is 1.35. The summed E-state index contributed by atoms with van der Waals surface area (Å²) in [5.74, 6) is 0. The van der Waals surface area contributed by atoms with Crippen molar-refractivity contribution in [2.75, 3.05) is 13.6 Å². The minimum absolute atomic E-state index is 0.625. The largest absolute Gasteiger partial charge is 0.330 e. The highest BCUT2D eigenvalue weighted by molar-refractivity contribution is 4.71. The molecule has 0 heterocycles. The second kappa shape index (κ2) is 6.44. The van der Waals surface area contributed by atoms with Gasteiger partial charge in [-0.2, -0.15) is 0 Å². The summed E-state index contributed by atoms with van der Waals surface area (Å²) in [5, 5.41) is 0. The first-order chi connectivity index (χ1) is 5.67. The molecule has 74 valence electrons. The maximum absolute atomic E-state index is 5.52. The lowest BCUT2D eigenvalue weighted by atomic mass is 10.1. The predicted octanol–water partition coefficient (Wildman–Crippen LogP) is 1.84. The van der Waals surface area contributed by atoms with E-state index >= 15 is 0 Å². The van der Waals surface area contributed by atoms with Crippen LogP contribution in [0, 0.1) is 0 Å². The number of nitrogens with two attached hydrogens (primary N) is 1. The molecule has 0 bridgehead atoms. The van der Waals surface area contributed by atoms with Gasteiger partial charge in [-0.25, -0.2) is 0 Å². The van der Waals surface area contributed by atoms with Crippen molar-refractivity contribution >= 4 is 0 Å². The van der Waals surface area contributed by atoms with Gasteiger partial charge in [0.25, 0.3) is 0 Å². The summed E-state index contributed by atoms with van der Waals surface area (Å²) in [6.07, 6.45) is 3.58. The van der Waals surface area contributed by atoms with Gasteiger partial charge in [0.05, 0.1) is 0 Å². The van der Waals surface area contributed by atoms with Gasteiger partial charge in [0.1, 0.15) is 0 Å². The Hall–Kier alpha value is -0.0800. The molecule has 0 radical (unpaired) electrons. The predicted molar refractivity (Wildman–Crippen MR) is 55.3 cm³/mol. The third-order valence-electron chi connectivity index (χ3n) is 2.80. The van der Waals surface area contributed by atoms with Gasteiger partial charge in [0, 0.05) is 12.1 Å². The summed E-state index contributed by atoms with van der Waals surface area (Å²) in [5.41, 5.74) is 5.52. The number of rotatable bonds is 6. The number of nitrogens with zero attached hydrogens (tertiary/aromatic N) is 1. The Morgan fingerprint density at radius 2 is 1.75 bits per heavy atom. The summed E-state index contributed by atoms with van der Waals surface area (Å²) >= 11 is 0. The van der Waals surface area contributed by atoms with Crippen LogP contribution in [0.25, 0.3) is 0 Å². The molecule has 12 heavy (non-hydrogen) atoms. The fourth-order valence-electron chi connectivity index (χ4n) is 1.67. The van der Waals surface area contributed by atoms with Crippen LogP contribution in [0.4, 0.5) is 0 Å². The minimum atomic E-state index is 0.625. The molecule has 0 aromatic rings. The molecule has 0 aromatic heterocycles. The van der Waals surface area contributed by atoms with E-state index in [1.54, 1.807) is 0 Å². The molecule has 0 saturated carbocycles. The van der Waals surface area contributed by atoms with Crippen molar-refractivity contribution in [3.63, 3.8) is 0 Å². The van der Waals surface area contributed by atoms with Crippen molar-refractivity contribution < 1.29 is 0 Å². The van der Waals surface area contributed by atoms with Crippen molar-refractivity contribution in [3.05, 3.63) is 0 Å². The molecule has 0 spiro atoms. The Bertz CT molecular complexity index is 100. The van der Waals surface area contributed by atoms with Crippen LogP contribution in [0.5, 0.6) is 0 Å². The van der Waals surface area contributed by atoms with E-state index in [9.17, 15) is 0 Å². The molecule has 0 fully saturated rings. The smallest absolute Gasteiger partial charge is 0.00897 e. The molecule has 1 unspecified atom stereocenters. The Morgan fingerprint density at radius 1 is 1.25 bits per heavy atom. The summed E-state index contributed by atoms with van der Waals surface area (Å²) < 4.78 is 0. The van der Waals surface area contributed by atoms with Gasteiger partial charge in [0.15, 0.2) is 0 Å². The van der Waals surface area contributed by atoms with E-state index in [1.807, 2.05) is 0 Å². The van der Waals surface area contributed by atoms with Gasteiger partial charge in [-0.1, -0.05) is 13.8 Å². The Labute approximate surface area is 77.1 Å². The van der Waals surface area contributed by atoms with Gasteiger partial charge in [-0.05, 0) is 39.8 Å². The van der Waals surface area contributed by atoms with Crippen LogP contribution in [0.1, 0.15) is 40.0 Å². The van der Waals surface area contributed by atoms with Gasteiger partial charge in [-0.3, -0.25) is 0 Å². The van der Waals surface area contributed by atoms with E-state index in [0.717, 1.165) is 19.0 Å². The van der Waals surface area contributed by atoms with Crippen LogP contribution in [-0.2, 0) is 0 Å². The van der Waals surface area contributed by atoms with E-state index < -0.39 is 0 Å². The lowest BCUT2D eigenvalue weighted by Crippen LogP contribution is -2.38. The highest BCUT2D eigenvalue weighted by atomic mass is 15.1. The lowest BCUT2D eigenvalue weighted by Gasteiger charge is -2.31. The van der Waals surface area contributed by atoms with Gasteiger partial charge in [-0.15, -0.1) is 0 Å². The van der Waals surface area contributed by atoms with E-state index in [0.29, 0.717) is 6.04 Å². The van der Waals surface area contributed by atoms with Gasteiger partial charge < -0.3 is 10.6 Å². The first-order valence-electron chi connectivity index (χ1n) is 5.09. The molecule has 2 nitrogen and oxygen atoms in total. The zero-order valence-corrected chi connectivity index (χ0v) is 9.01. The second-order valence-corrected chi connectivity index (χ2v) is 3.56. The Balaban J connectivity index is 3.87. The van der Waals surface area contributed by atoms with E-state index in [4.69, 9.17) is 5.73 Å². The number of hydrogen-bond acceptors (Lipinski definition) is 2. The van der Waals surface area contributed by atoms with E-state index in [-0.39, 0.29) is 0 Å². The summed E-state index contributed by atoms with van der Waals surface area (Å²) in [6.45, 7) is 7.55. The molecule has 2 heteroatoms. The maximum Gasteiger partial charge on any atom is 0.00897 e. The van der Waals surface area contributed by atoms with Crippen molar-refractivity contribution in [1.29, 1.82) is 0 Å². The summed E-state index contributed by atoms with van der Waals surface area (Å²) in [7, 11) is 2.21. The molecule has 0 aromatic carbocycles. The Kier molecular flexibility index (Phi) is 6.39. The molecule has 2 N–H and O–H groups in total. The first kappa shape index (κ1) is 11.9. The molecule has 0 amide bonds. The lowest BCUT2D eigenvalue weighted by molar-refractivity contribution is 0.168. The highest BCUT2D eigenvalue weighted by Gasteiger charge is 2.15. The normalized spacial score (nSPS) is 14.2. The molecule has 0 aliphatic carbocycles. The summed E-state index contributed by atoms with van der Waals surface area (Å²) in [4.78, 5) is 2.45. The Morgan fingerprint density at radius 3 is 2.08 bits per heavy atom. The molecule has 0 aliphatic rings. The monoisotopic (exact) mass is 172 g/mol. The molecular formula is C10H24N2. The van der Waals surface area contributed by atoms with Crippen LogP contribution in [0.2, 0.25) is 0 Å². The third kappa shape index (κ3) is 3.55. The average molecular weight is 172 g/mol. The molecular weight excluding hydrogens is 148 g/mol. The van der Waals surface area contributed by atoms with Crippen LogP contribution >= 0.6 is 0 Å². The molecule has 0 aliphatic heterocycles. The zero-order chi connectivity index (χ0) is 9.56. The molecule has 0 saturated heterocycles. The first-order valence-corrected chi connectivity index (χ1v) is 5.09. The molecule has 1 atom stereocenters. The van der Waals surface area contributed by atoms with Crippen molar-refractivity contribution in [2.45, 2.75) is 52.1 Å². The molecule has 0 rings (SSSR count). The van der Waals surface area contributed by atoms with Gasteiger partial charge in [0.2, 0.25) is 0 Å². The standard InChI is InChI=1S/C10H24N2/c1-5-10(6-2)12(4)9(3)7-8-11/h9-10H,5-8,11H2,1-4H3. The van der Waals surface area contributed by atoms with Crippen molar-refractivity contribution in [2.24, 2.45) is 5.73 Å². The van der Waals surface area contributed by atoms with Crippen LogP contribution in [0.15, 0.2) is 0 Å². The van der Waals surface area contributed by atoms with Crippen molar-refractivity contribution in [1.82, 2.24) is 4.90 Å². The maximum atomic E-state index is 5.52. The number of hydrogen-bond donors (Lipinski definition) is 1. The van der Waals surface area contributed by atoms with Crippen molar-refractivity contribution in [3.8, 4) is 0 Å². The fraction of sp³-hybridized carbons (Fsp3) is 1.00. The zero-order valence-electron chi connectivity index (χ0n) is 9.01. The van der Waals surface area contributed by atoms with E-state index in [2.05, 4.69) is 32.7 Å². The quantitative estimate of drug-likeness (QED) is 0.662. The third-order valence-corrected chi connectivity index (χ3v) is 2.80. The highest BCUT2D eigenvalue weighted by Crippen LogP contribution is 2.11. The van der Waals surface area contributed by atoms with Crippen LogP contribution in [0.3, 0.4) is 0 Å². The van der Waals surface area contributed by atoms with Crippen LogP contribution < -0.4 is 5.73 Å². The topological polar surface area (TPSA) is 29.3 Å². The second-order valence-electron chi connectivity index (χ2n) is 3.56. The SMILES string of the molecule is CCC(CC)N(C)C(C)CCN. The van der Waals surface area contributed by atoms with Crippen LogP contribution in [-0.4, -0.2) is 30.6 Å². The van der Waals surface area contributed by atoms with E-state index in [1.165, 1.54) is 12.8 Å². The van der Waals surface area contributed by atoms with Gasteiger partial charge >= 0.3 is 0 Å². The average Bonchev–Trinajstić information content (AvgIpc) is 2.07. The minimum Gasteiger partial charge on any atom is -0.330 e. The fourth-order valence-corrected chi connectivity index (χ4v) is 1.67.